The van der Waals surface area contributed by atoms with E-state index in [0.717, 1.165) is 48.3 Å². The Kier molecular flexibility index (Phi) is 9.38. The second-order valence-electron chi connectivity index (χ2n) is 7.92. The second kappa shape index (κ2) is 12.5. The zero-order chi connectivity index (χ0) is 21.9. The lowest BCUT2D eigenvalue weighted by Crippen LogP contribution is -2.11. The van der Waals surface area contributed by atoms with Crippen LogP contribution in [0.5, 0.6) is 11.5 Å². The van der Waals surface area contributed by atoms with Gasteiger partial charge in [-0.25, -0.2) is 0 Å². The third-order valence-corrected chi connectivity index (χ3v) is 5.70. The monoisotopic (exact) mass is 428 g/mol. The minimum atomic E-state index is -0.228. The van der Waals surface area contributed by atoms with Crippen molar-refractivity contribution in [3.63, 3.8) is 0 Å². The van der Waals surface area contributed by atoms with Crippen molar-refractivity contribution in [2.45, 2.75) is 38.5 Å². The van der Waals surface area contributed by atoms with Gasteiger partial charge in [0.25, 0.3) is 0 Å². The lowest BCUT2D eigenvalue weighted by molar-refractivity contribution is 0.0509. The van der Waals surface area contributed by atoms with Gasteiger partial charge >= 0.3 is 0 Å². The minimum Gasteiger partial charge on any atom is -0.468 e. The van der Waals surface area contributed by atoms with Gasteiger partial charge in [-0.1, -0.05) is 29.8 Å². The number of ether oxygens (including phenoxy) is 4. The van der Waals surface area contributed by atoms with Crippen molar-refractivity contribution >= 4 is 5.57 Å². The highest BCUT2D eigenvalue weighted by Gasteiger charge is 2.21. The molecule has 0 radical (unpaired) electrons. The average Bonchev–Trinajstić information content (AvgIpc) is 2.82. The molecule has 0 saturated heterocycles. The van der Waals surface area contributed by atoms with Crippen molar-refractivity contribution in [1.82, 2.24) is 0 Å². The number of allylic oxidation sites excluding steroid dienone is 1. The highest BCUT2D eigenvalue weighted by Crippen LogP contribution is 2.39. The van der Waals surface area contributed by atoms with Crippen LogP contribution < -0.4 is 9.47 Å². The van der Waals surface area contributed by atoms with E-state index in [-0.39, 0.29) is 20.3 Å². The lowest BCUT2D eigenvalue weighted by Gasteiger charge is -2.27. The number of hydrogen-bond donors (Lipinski definition) is 0. The molecule has 1 saturated carbocycles. The Hall–Kier alpha value is -2.37. The number of alkyl halides is 1. The number of methoxy groups -OCH3 is 2. The molecule has 0 bridgehead atoms. The summed E-state index contributed by atoms with van der Waals surface area (Å²) in [4.78, 5) is 0. The quantitative estimate of drug-likeness (QED) is 0.388. The molecule has 2 aromatic carbocycles. The zero-order valence-corrected chi connectivity index (χ0v) is 18.6. The SMILES string of the molecule is COCOc1ccc(C(=C2CCCC(CCCF)C2)c2ccc(OCOC)cc2)cc1. The number of halogens is 1. The van der Waals surface area contributed by atoms with E-state index in [1.807, 2.05) is 24.3 Å². The minimum absolute atomic E-state index is 0.228. The standard InChI is InChI=1S/C26H33FO4/c1-28-18-30-24-12-8-21(9-13-24)26(22-10-14-25(15-11-22)31-19-29-2)23-7-3-5-20(17-23)6-4-16-27/h8-15,20H,3-7,16-19H2,1-2H3. The van der Waals surface area contributed by atoms with Crippen molar-refractivity contribution in [3.8, 4) is 11.5 Å². The van der Waals surface area contributed by atoms with Gasteiger partial charge in [0, 0.05) is 14.2 Å². The number of benzene rings is 2. The van der Waals surface area contributed by atoms with Crippen molar-refractivity contribution in [2.24, 2.45) is 5.92 Å². The number of rotatable bonds is 11. The molecule has 0 aliphatic heterocycles. The summed E-state index contributed by atoms with van der Waals surface area (Å²) >= 11 is 0. The summed E-state index contributed by atoms with van der Waals surface area (Å²) in [5.41, 5.74) is 5.04. The van der Waals surface area contributed by atoms with Crippen molar-refractivity contribution in [1.29, 1.82) is 0 Å². The van der Waals surface area contributed by atoms with Gasteiger partial charge in [0.2, 0.25) is 0 Å². The van der Waals surface area contributed by atoms with E-state index in [2.05, 4.69) is 24.3 Å². The Balaban J connectivity index is 1.92. The van der Waals surface area contributed by atoms with E-state index in [1.54, 1.807) is 14.2 Å². The van der Waals surface area contributed by atoms with Gasteiger partial charge in [-0.15, -0.1) is 0 Å². The molecule has 0 amide bonds. The van der Waals surface area contributed by atoms with Gasteiger partial charge in [-0.05, 0) is 85.4 Å². The molecule has 0 heterocycles. The van der Waals surface area contributed by atoms with Gasteiger partial charge in [-0.3, -0.25) is 4.39 Å². The van der Waals surface area contributed by atoms with Crippen molar-refractivity contribution < 1.29 is 23.3 Å². The first-order valence-corrected chi connectivity index (χ1v) is 11.0. The maximum atomic E-state index is 12.7. The van der Waals surface area contributed by atoms with E-state index in [9.17, 15) is 4.39 Å². The van der Waals surface area contributed by atoms with Gasteiger partial charge in [-0.2, -0.15) is 0 Å². The largest absolute Gasteiger partial charge is 0.468 e. The van der Waals surface area contributed by atoms with Gasteiger partial charge in [0.1, 0.15) is 11.5 Å². The van der Waals surface area contributed by atoms with E-state index >= 15 is 0 Å². The van der Waals surface area contributed by atoms with E-state index in [1.165, 1.54) is 17.6 Å². The molecule has 1 fully saturated rings. The topological polar surface area (TPSA) is 36.9 Å². The van der Waals surface area contributed by atoms with Crippen LogP contribution in [0.2, 0.25) is 0 Å². The van der Waals surface area contributed by atoms with Gasteiger partial charge in [0.05, 0.1) is 6.67 Å². The predicted molar refractivity (Wildman–Crippen MR) is 121 cm³/mol. The Morgan fingerprint density at radius 2 is 1.42 bits per heavy atom. The molecule has 1 aliphatic carbocycles. The molecule has 0 aromatic heterocycles. The Bertz CT molecular complexity index is 761. The smallest absolute Gasteiger partial charge is 0.188 e. The molecule has 2 aromatic rings. The second-order valence-corrected chi connectivity index (χ2v) is 7.92. The average molecular weight is 429 g/mol. The molecule has 5 heteroatoms. The fourth-order valence-corrected chi connectivity index (χ4v) is 4.26. The molecule has 168 valence electrons. The Morgan fingerprint density at radius 3 is 1.90 bits per heavy atom. The van der Waals surface area contributed by atoms with Crippen LogP contribution in [0.15, 0.2) is 54.1 Å². The van der Waals surface area contributed by atoms with Crippen molar-refractivity contribution in [2.75, 3.05) is 34.5 Å². The molecule has 0 N–H and O–H groups in total. The predicted octanol–water partition coefficient (Wildman–Crippen LogP) is 6.39. The fourth-order valence-electron chi connectivity index (χ4n) is 4.26. The maximum Gasteiger partial charge on any atom is 0.188 e. The summed E-state index contributed by atoms with van der Waals surface area (Å²) in [5.74, 6) is 2.12. The molecule has 1 aliphatic rings. The molecule has 1 atom stereocenters. The van der Waals surface area contributed by atoms with Crippen LogP contribution >= 0.6 is 0 Å². The zero-order valence-electron chi connectivity index (χ0n) is 18.6. The lowest BCUT2D eigenvalue weighted by atomic mass is 9.78. The van der Waals surface area contributed by atoms with Gasteiger partial charge < -0.3 is 18.9 Å². The third-order valence-electron chi connectivity index (χ3n) is 5.70. The van der Waals surface area contributed by atoms with E-state index in [0.29, 0.717) is 12.3 Å². The highest BCUT2D eigenvalue weighted by molar-refractivity contribution is 5.82. The molecule has 1 unspecified atom stereocenters. The van der Waals surface area contributed by atoms with Crippen LogP contribution in [-0.4, -0.2) is 34.5 Å². The molecule has 31 heavy (non-hydrogen) atoms. The molecular weight excluding hydrogens is 395 g/mol. The highest BCUT2D eigenvalue weighted by atomic mass is 19.1. The molecule has 3 rings (SSSR count). The summed E-state index contributed by atoms with van der Waals surface area (Å²) in [5, 5.41) is 0. The van der Waals surface area contributed by atoms with Crippen molar-refractivity contribution in [3.05, 3.63) is 65.2 Å². The first kappa shape index (κ1) is 23.3. The van der Waals surface area contributed by atoms with Crippen LogP contribution in [0.4, 0.5) is 4.39 Å². The van der Waals surface area contributed by atoms with Crippen LogP contribution in [0.25, 0.3) is 5.57 Å². The first-order valence-electron chi connectivity index (χ1n) is 11.0. The van der Waals surface area contributed by atoms with Crippen LogP contribution in [0.1, 0.15) is 49.7 Å². The molecule has 4 nitrogen and oxygen atoms in total. The molecular formula is C26H33FO4. The van der Waals surface area contributed by atoms with Gasteiger partial charge in [0.15, 0.2) is 13.6 Å². The Labute approximate surface area is 185 Å². The van der Waals surface area contributed by atoms with Crippen LogP contribution in [-0.2, 0) is 9.47 Å². The summed E-state index contributed by atoms with van der Waals surface area (Å²) in [7, 11) is 3.22. The normalized spacial score (nSPS) is 16.2. The van der Waals surface area contributed by atoms with Crippen LogP contribution in [0.3, 0.4) is 0 Å². The van der Waals surface area contributed by atoms with E-state index in [4.69, 9.17) is 18.9 Å². The first-order chi connectivity index (χ1) is 15.2. The van der Waals surface area contributed by atoms with E-state index < -0.39 is 0 Å². The van der Waals surface area contributed by atoms with Crippen LogP contribution in [0, 0.1) is 5.92 Å². The summed E-state index contributed by atoms with van der Waals surface area (Å²) in [6, 6.07) is 16.3. The summed E-state index contributed by atoms with van der Waals surface area (Å²) in [6.07, 6.45) is 6.06. The summed E-state index contributed by atoms with van der Waals surface area (Å²) in [6.45, 7) is 0.229. The Morgan fingerprint density at radius 1 is 0.871 bits per heavy atom. The fraction of sp³-hybridized carbons (Fsp3) is 0.462. The molecule has 0 spiro atoms. The third kappa shape index (κ3) is 6.81. The number of hydrogen-bond acceptors (Lipinski definition) is 4. The maximum absolute atomic E-state index is 12.7. The summed E-state index contributed by atoms with van der Waals surface area (Å²) < 4.78 is 33.8.